The number of aromatic hydroxyl groups is 1. The number of aromatic nitrogens is 1. The molecular formula is C14H15BN4O7S. The standard InChI is InChI=1S/C14H15BN4O7S/c16-14-17-8(5-27-14)10(19-26)12(21)18-9(15(24)25)4-6-2-1-3-7(11(6)20)13(22)23/h1-3,5,9,20,24-26H,4H2,(H2,16,17)(H,18,21)(H,22,23)/t9-/m0/s1. The second kappa shape index (κ2) is 8.48. The van der Waals surface area contributed by atoms with Gasteiger partial charge in [-0.15, -0.1) is 11.3 Å². The molecule has 13 heteroatoms. The van der Waals surface area contributed by atoms with Crippen molar-refractivity contribution in [2.45, 2.75) is 12.4 Å². The minimum Gasteiger partial charge on any atom is -0.507 e. The summed E-state index contributed by atoms with van der Waals surface area (Å²) in [4.78, 5) is 27.2. The summed E-state index contributed by atoms with van der Waals surface area (Å²) >= 11 is 1.01. The first-order valence-corrected chi connectivity index (χ1v) is 8.27. The van der Waals surface area contributed by atoms with Gasteiger partial charge in [-0.25, -0.2) is 9.78 Å². The highest BCUT2D eigenvalue weighted by Crippen LogP contribution is 2.24. The molecule has 0 aliphatic rings. The number of oxime groups is 1. The van der Waals surface area contributed by atoms with Crippen LogP contribution in [-0.2, 0) is 11.2 Å². The van der Waals surface area contributed by atoms with Crippen molar-refractivity contribution in [2.75, 3.05) is 5.73 Å². The lowest BCUT2D eigenvalue weighted by Crippen LogP contribution is -2.50. The molecule has 2 aromatic rings. The molecule has 0 radical (unpaired) electrons. The number of nitrogen functional groups attached to an aromatic ring is 1. The maximum Gasteiger partial charge on any atom is 0.475 e. The van der Waals surface area contributed by atoms with E-state index in [1.165, 1.54) is 23.6 Å². The van der Waals surface area contributed by atoms with Crippen LogP contribution < -0.4 is 11.1 Å². The minimum absolute atomic E-state index is 0.0144. The molecule has 0 aliphatic carbocycles. The smallest absolute Gasteiger partial charge is 0.475 e. The maximum absolute atomic E-state index is 12.3. The van der Waals surface area contributed by atoms with Crippen molar-refractivity contribution >= 4 is 41.2 Å². The third-order valence-corrected chi connectivity index (χ3v) is 4.22. The highest BCUT2D eigenvalue weighted by atomic mass is 32.1. The molecular weight excluding hydrogens is 379 g/mol. The summed E-state index contributed by atoms with van der Waals surface area (Å²) < 4.78 is 0. The van der Waals surface area contributed by atoms with Crippen LogP contribution in [0.1, 0.15) is 21.6 Å². The maximum atomic E-state index is 12.3. The molecule has 8 N–H and O–H groups in total. The van der Waals surface area contributed by atoms with Crippen molar-refractivity contribution in [2.24, 2.45) is 5.16 Å². The fourth-order valence-electron chi connectivity index (χ4n) is 2.24. The predicted octanol–water partition coefficient (Wildman–Crippen LogP) is -0.953. The molecule has 1 aromatic carbocycles. The molecule has 0 fully saturated rings. The SMILES string of the molecule is Nc1nc(C(=NO)C(=O)N[C@@H](Cc2cccc(C(=O)O)c2O)B(O)O)cs1. The number of nitrogens with zero attached hydrogens (tertiary/aromatic N) is 2. The van der Waals surface area contributed by atoms with Gasteiger partial charge in [-0.3, -0.25) is 4.79 Å². The summed E-state index contributed by atoms with van der Waals surface area (Å²) in [6.07, 6.45) is -0.311. The van der Waals surface area contributed by atoms with Crippen LogP contribution in [0, 0.1) is 0 Å². The lowest BCUT2D eigenvalue weighted by molar-refractivity contribution is -0.115. The lowest BCUT2D eigenvalue weighted by atomic mass is 9.75. The summed E-state index contributed by atoms with van der Waals surface area (Å²) in [6, 6.07) is 3.90. The van der Waals surface area contributed by atoms with E-state index < -0.39 is 36.4 Å². The Labute approximate surface area is 156 Å². The zero-order valence-corrected chi connectivity index (χ0v) is 14.4. The molecule has 1 aromatic heterocycles. The number of carboxylic acids is 1. The van der Waals surface area contributed by atoms with Gasteiger partial charge >= 0.3 is 13.1 Å². The normalized spacial score (nSPS) is 12.4. The first kappa shape index (κ1) is 20.2. The van der Waals surface area contributed by atoms with Gasteiger partial charge in [0.1, 0.15) is 17.0 Å². The number of phenols is 1. The molecule has 11 nitrogen and oxygen atoms in total. The lowest BCUT2D eigenvalue weighted by Gasteiger charge is -2.18. The summed E-state index contributed by atoms with van der Waals surface area (Å²) in [5.74, 6) is -4.25. The van der Waals surface area contributed by atoms with Crippen LogP contribution in [0.4, 0.5) is 5.13 Å². The number of anilines is 1. The zero-order chi connectivity index (χ0) is 20.1. The number of hydrogen-bond acceptors (Lipinski definition) is 10. The summed E-state index contributed by atoms with van der Waals surface area (Å²) in [5.41, 5.74) is 4.63. The first-order valence-electron chi connectivity index (χ1n) is 7.39. The Morgan fingerprint density at radius 1 is 1.37 bits per heavy atom. The Balaban J connectivity index is 2.22. The topological polar surface area (TPSA) is 199 Å². The largest absolute Gasteiger partial charge is 0.507 e. The number of hydrogen-bond donors (Lipinski definition) is 7. The molecule has 27 heavy (non-hydrogen) atoms. The van der Waals surface area contributed by atoms with Gasteiger partial charge in [-0.2, -0.15) is 0 Å². The fourth-order valence-corrected chi connectivity index (χ4v) is 2.79. The van der Waals surface area contributed by atoms with E-state index in [2.05, 4.69) is 15.5 Å². The van der Waals surface area contributed by atoms with E-state index in [-0.39, 0.29) is 28.4 Å². The quantitative estimate of drug-likeness (QED) is 0.134. The monoisotopic (exact) mass is 394 g/mol. The van der Waals surface area contributed by atoms with Crippen LogP contribution in [0.5, 0.6) is 5.75 Å². The van der Waals surface area contributed by atoms with E-state index in [1.54, 1.807) is 0 Å². The summed E-state index contributed by atoms with van der Waals surface area (Å²) in [6.45, 7) is 0. The number of carbonyl (C=O) groups excluding carboxylic acids is 1. The number of rotatable bonds is 7. The Kier molecular flexibility index (Phi) is 6.34. The number of para-hydroxylation sites is 1. The van der Waals surface area contributed by atoms with Crippen molar-refractivity contribution in [3.05, 3.63) is 40.4 Å². The fraction of sp³-hybridized carbons (Fsp3) is 0.143. The van der Waals surface area contributed by atoms with Gasteiger partial charge in [-0.1, -0.05) is 17.3 Å². The third kappa shape index (κ3) is 4.72. The Morgan fingerprint density at radius 3 is 2.59 bits per heavy atom. The van der Waals surface area contributed by atoms with Crippen molar-refractivity contribution in [1.82, 2.24) is 10.3 Å². The second-order valence-electron chi connectivity index (χ2n) is 5.34. The molecule has 1 amide bonds. The second-order valence-corrected chi connectivity index (χ2v) is 6.23. The van der Waals surface area contributed by atoms with Gasteiger partial charge in [0.15, 0.2) is 10.8 Å². The van der Waals surface area contributed by atoms with Gasteiger partial charge in [0.25, 0.3) is 5.91 Å². The number of aromatic carboxylic acids is 1. The van der Waals surface area contributed by atoms with Crippen molar-refractivity contribution in [1.29, 1.82) is 0 Å². The third-order valence-electron chi connectivity index (χ3n) is 3.55. The molecule has 1 atom stereocenters. The van der Waals surface area contributed by atoms with Crippen LogP contribution in [-0.4, -0.2) is 61.1 Å². The van der Waals surface area contributed by atoms with E-state index in [1.807, 2.05) is 0 Å². The van der Waals surface area contributed by atoms with E-state index >= 15 is 0 Å². The van der Waals surface area contributed by atoms with E-state index in [0.717, 1.165) is 11.3 Å². The Hall–Kier alpha value is -3.16. The molecule has 142 valence electrons. The number of thiazole rings is 1. The number of carboxylic acid groups (broad SMARTS) is 1. The van der Waals surface area contributed by atoms with E-state index in [0.29, 0.717) is 0 Å². The molecule has 0 aliphatic heterocycles. The van der Waals surface area contributed by atoms with Gasteiger partial charge < -0.3 is 36.5 Å². The van der Waals surface area contributed by atoms with E-state index in [4.69, 9.17) is 16.0 Å². The molecule has 0 spiro atoms. The van der Waals surface area contributed by atoms with Gasteiger partial charge in [0, 0.05) is 5.38 Å². The van der Waals surface area contributed by atoms with Gasteiger partial charge in [0.05, 0.1) is 5.94 Å². The van der Waals surface area contributed by atoms with Gasteiger partial charge in [0.2, 0.25) is 0 Å². The zero-order valence-electron chi connectivity index (χ0n) is 13.6. The van der Waals surface area contributed by atoms with Gasteiger partial charge in [-0.05, 0) is 18.1 Å². The summed E-state index contributed by atoms with van der Waals surface area (Å²) in [7, 11) is -2.05. The van der Waals surface area contributed by atoms with Crippen LogP contribution in [0.25, 0.3) is 0 Å². The predicted molar refractivity (Wildman–Crippen MR) is 95.7 cm³/mol. The van der Waals surface area contributed by atoms with E-state index in [9.17, 15) is 24.7 Å². The Morgan fingerprint density at radius 2 is 2.07 bits per heavy atom. The number of benzene rings is 1. The van der Waals surface area contributed by atoms with Crippen molar-refractivity contribution in [3.63, 3.8) is 0 Å². The Bertz CT molecular complexity index is 886. The summed E-state index contributed by atoms with van der Waals surface area (Å²) in [5, 5.41) is 53.7. The van der Waals surface area contributed by atoms with Crippen LogP contribution >= 0.6 is 11.3 Å². The van der Waals surface area contributed by atoms with Crippen LogP contribution in [0.15, 0.2) is 28.7 Å². The molecule has 0 bridgehead atoms. The van der Waals surface area contributed by atoms with Crippen molar-refractivity contribution < 1.29 is 35.1 Å². The van der Waals surface area contributed by atoms with Crippen molar-refractivity contribution in [3.8, 4) is 5.75 Å². The number of amides is 1. The number of carbonyl (C=O) groups is 2. The molecule has 0 unspecified atom stereocenters. The average molecular weight is 394 g/mol. The van der Waals surface area contributed by atoms with Crippen LogP contribution in [0.2, 0.25) is 0 Å². The number of nitrogens with one attached hydrogen (secondary N) is 1. The highest BCUT2D eigenvalue weighted by molar-refractivity contribution is 7.13. The molecule has 0 saturated carbocycles. The first-order chi connectivity index (χ1) is 12.7. The van der Waals surface area contributed by atoms with Crippen LogP contribution in [0.3, 0.4) is 0 Å². The molecule has 0 saturated heterocycles. The number of nitrogens with two attached hydrogens (primary N) is 1. The molecule has 2 rings (SSSR count). The molecule has 1 heterocycles. The minimum atomic E-state index is -2.05. The highest BCUT2D eigenvalue weighted by Gasteiger charge is 2.30. The average Bonchev–Trinajstić information content (AvgIpc) is 3.02.